The predicted molar refractivity (Wildman–Crippen MR) is 82.0 cm³/mol. The van der Waals surface area contributed by atoms with E-state index in [1.165, 1.54) is 19.3 Å². The predicted octanol–water partition coefficient (Wildman–Crippen LogP) is 3.36. The van der Waals surface area contributed by atoms with Crippen molar-refractivity contribution in [2.45, 2.75) is 57.9 Å². The number of hydrogen-bond donors (Lipinski definition) is 2. The third-order valence-corrected chi connectivity index (χ3v) is 3.94. The van der Waals surface area contributed by atoms with Crippen LogP contribution in [-0.4, -0.2) is 23.0 Å². The number of carbonyl (C=O) groups is 1. The van der Waals surface area contributed by atoms with Crippen LogP contribution in [0.3, 0.4) is 0 Å². The summed E-state index contributed by atoms with van der Waals surface area (Å²) in [5.74, 6) is -0.0606. The quantitative estimate of drug-likeness (QED) is 0.866. The maximum absolute atomic E-state index is 12.3. The van der Waals surface area contributed by atoms with Crippen molar-refractivity contribution in [1.82, 2.24) is 10.3 Å². The molecule has 4 heteroatoms. The molecule has 1 amide bonds. The summed E-state index contributed by atoms with van der Waals surface area (Å²) in [7, 11) is 0. The molecule has 110 valence electrons. The van der Waals surface area contributed by atoms with Gasteiger partial charge in [-0.25, -0.2) is 0 Å². The second-order valence-corrected chi connectivity index (χ2v) is 5.93. The molecule has 1 aromatic heterocycles. The molecule has 2 rings (SSSR count). The fourth-order valence-electron chi connectivity index (χ4n) is 2.73. The Bertz CT molecular complexity index is 453. The summed E-state index contributed by atoms with van der Waals surface area (Å²) in [4.78, 5) is 16.5. The summed E-state index contributed by atoms with van der Waals surface area (Å²) in [6, 6.07) is 3.73. The van der Waals surface area contributed by atoms with Crippen LogP contribution in [0.25, 0.3) is 0 Å². The molecule has 4 nitrogen and oxygen atoms in total. The molecule has 0 unspecified atom stereocenters. The molecule has 1 aliphatic carbocycles. The molecule has 0 radical (unpaired) electrons. The molecule has 0 aromatic carbocycles. The third-order valence-electron chi connectivity index (χ3n) is 3.94. The zero-order valence-electron chi connectivity index (χ0n) is 12.5. The van der Waals surface area contributed by atoms with Crippen LogP contribution >= 0.6 is 0 Å². The number of amides is 1. The highest BCUT2D eigenvalue weighted by Crippen LogP contribution is 2.27. The standard InChI is InChI=1S/C16H25N3O/c1-3-10-17-13-7-11-18-14(12-13)15(20)19-16(2)8-5-4-6-9-16/h7,11-12H,3-6,8-10H2,1-2H3,(H,17,18)(H,19,20). The molecule has 0 aliphatic heterocycles. The lowest BCUT2D eigenvalue weighted by Crippen LogP contribution is -2.47. The first-order chi connectivity index (χ1) is 9.63. The summed E-state index contributed by atoms with van der Waals surface area (Å²) in [5, 5.41) is 6.45. The molecule has 0 atom stereocenters. The van der Waals surface area contributed by atoms with Crippen molar-refractivity contribution in [3.05, 3.63) is 24.0 Å². The van der Waals surface area contributed by atoms with Crippen LogP contribution in [0.4, 0.5) is 5.69 Å². The van der Waals surface area contributed by atoms with Crippen molar-refractivity contribution in [2.24, 2.45) is 0 Å². The Balaban J connectivity index is 2.01. The lowest BCUT2D eigenvalue weighted by Gasteiger charge is -2.34. The van der Waals surface area contributed by atoms with Crippen molar-refractivity contribution < 1.29 is 4.79 Å². The Hall–Kier alpha value is -1.58. The highest BCUT2D eigenvalue weighted by molar-refractivity contribution is 5.93. The smallest absolute Gasteiger partial charge is 0.270 e. The van der Waals surface area contributed by atoms with Gasteiger partial charge < -0.3 is 10.6 Å². The number of anilines is 1. The minimum Gasteiger partial charge on any atom is -0.385 e. The van der Waals surface area contributed by atoms with E-state index >= 15 is 0 Å². The molecule has 0 spiro atoms. The summed E-state index contributed by atoms with van der Waals surface area (Å²) in [6.07, 6.45) is 8.54. The first-order valence-corrected chi connectivity index (χ1v) is 7.65. The monoisotopic (exact) mass is 275 g/mol. The highest BCUT2D eigenvalue weighted by Gasteiger charge is 2.29. The number of aromatic nitrogens is 1. The molecule has 0 bridgehead atoms. The fourth-order valence-corrected chi connectivity index (χ4v) is 2.73. The van der Waals surface area contributed by atoms with Crippen LogP contribution in [0.2, 0.25) is 0 Å². The Kier molecular flexibility index (Phi) is 4.99. The second-order valence-electron chi connectivity index (χ2n) is 5.93. The van der Waals surface area contributed by atoms with E-state index in [0.29, 0.717) is 5.69 Å². The average Bonchev–Trinajstić information content (AvgIpc) is 2.45. The van der Waals surface area contributed by atoms with Crippen LogP contribution < -0.4 is 10.6 Å². The van der Waals surface area contributed by atoms with Gasteiger partial charge in [0.15, 0.2) is 0 Å². The number of pyridine rings is 1. The largest absolute Gasteiger partial charge is 0.385 e. The van der Waals surface area contributed by atoms with Gasteiger partial charge in [0.1, 0.15) is 5.69 Å². The average molecular weight is 275 g/mol. The van der Waals surface area contributed by atoms with Gasteiger partial charge in [-0.15, -0.1) is 0 Å². The Morgan fingerprint density at radius 1 is 1.35 bits per heavy atom. The first kappa shape index (κ1) is 14.8. The van der Waals surface area contributed by atoms with E-state index in [0.717, 1.165) is 31.5 Å². The van der Waals surface area contributed by atoms with E-state index in [4.69, 9.17) is 0 Å². The Morgan fingerprint density at radius 3 is 2.80 bits per heavy atom. The Morgan fingerprint density at radius 2 is 2.10 bits per heavy atom. The molecule has 1 aliphatic rings. The zero-order chi connectivity index (χ0) is 14.4. The number of nitrogens with one attached hydrogen (secondary N) is 2. The summed E-state index contributed by atoms with van der Waals surface area (Å²) in [5.41, 5.74) is 1.39. The lowest BCUT2D eigenvalue weighted by molar-refractivity contribution is 0.0877. The molecule has 1 fully saturated rings. The molecular weight excluding hydrogens is 250 g/mol. The van der Waals surface area contributed by atoms with E-state index < -0.39 is 0 Å². The minimum atomic E-state index is -0.0656. The Labute approximate surface area is 121 Å². The van der Waals surface area contributed by atoms with Gasteiger partial charge in [0, 0.05) is 24.0 Å². The highest BCUT2D eigenvalue weighted by atomic mass is 16.2. The number of rotatable bonds is 5. The van der Waals surface area contributed by atoms with Gasteiger partial charge in [-0.2, -0.15) is 0 Å². The van der Waals surface area contributed by atoms with Crippen molar-refractivity contribution in [3.8, 4) is 0 Å². The second kappa shape index (κ2) is 6.73. The molecular formula is C16H25N3O. The van der Waals surface area contributed by atoms with Gasteiger partial charge in [0.25, 0.3) is 5.91 Å². The van der Waals surface area contributed by atoms with Crippen LogP contribution in [0.5, 0.6) is 0 Å². The van der Waals surface area contributed by atoms with Gasteiger partial charge in [-0.05, 0) is 38.3 Å². The lowest BCUT2D eigenvalue weighted by atomic mass is 9.83. The maximum atomic E-state index is 12.3. The first-order valence-electron chi connectivity index (χ1n) is 7.65. The molecule has 20 heavy (non-hydrogen) atoms. The van der Waals surface area contributed by atoms with E-state index in [-0.39, 0.29) is 11.4 Å². The summed E-state index contributed by atoms with van der Waals surface area (Å²) < 4.78 is 0. The zero-order valence-corrected chi connectivity index (χ0v) is 12.5. The van der Waals surface area contributed by atoms with Crippen LogP contribution in [0.1, 0.15) is 62.9 Å². The van der Waals surface area contributed by atoms with E-state index in [2.05, 4.69) is 29.5 Å². The maximum Gasteiger partial charge on any atom is 0.270 e. The molecule has 1 aromatic rings. The normalized spacial score (nSPS) is 17.5. The van der Waals surface area contributed by atoms with Crippen molar-refractivity contribution in [3.63, 3.8) is 0 Å². The summed E-state index contributed by atoms with van der Waals surface area (Å²) in [6.45, 7) is 5.16. The van der Waals surface area contributed by atoms with Gasteiger partial charge in [-0.3, -0.25) is 9.78 Å². The molecule has 1 saturated carbocycles. The van der Waals surface area contributed by atoms with Crippen LogP contribution in [0, 0.1) is 0 Å². The third kappa shape index (κ3) is 3.95. The topological polar surface area (TPSA) is 54.0 Å². The van der Waals surface area contributed by atoms with Gasteiger partial charge in [0.2, 0.25) is 0 Å². The van der Waals surface area contributed by atoms with E-state index in [1.807, 2.05) is 12.1 Å². The molecule has 1 heterocycles. The van der Waals surface area contributed by atoms with E-state index in [1.54, 1.807) is 6.20 Å². The van der Waals surface area contributed by atoms with Crippen LogP contribution in [0.15, 0.2) is 18.3 Å². The SMILES string of the molecule is CCCNc1ccnc(C(=O)NC2(C)CCCCC2)c1. The van der Waals surface area contributed by atoms with Crippen molar-refractivity contribution in [1.29, 1.82) is 0 Å². The van der Waals surface area contributed by atoms with Crippen LogP contribution in [-0.2, 0) is 0 Å². The van der Waals surface area contributed by atoms with E-state index in [9.17, 15) is 4.79 Å². The fraction of sp³-hybridized carbons (Fsp3) is 0.625. The van der Waals surface area contributed by atoms with Crippen molar-refractivity contribution in [2.75, 3.05) is 11.9 Å². The van der Waals surface area contributed by atoms with Gasteiger partial charge in [-0.1, -0.05) is 26.2 Å². The molecule has 0 saturated heterocycles. The number of carbonyl (C=O) groups excluding carboxylic acids is 1. The summed E-state index contributed by atoms with van der Waals surface area (Å²) >= 11 is 0. The number of hydrogen-bond acceptors (Lipinski definition) is 3. The molecule has 2 N–H and O–H groups in total. The van der Waals surface area contributed by atoms with Crippen molar-refractivity contribution >= 4 is 11.6 Å². The minimum absolute atomic E-state index is 0.0606. The van der Waals surface area contributed by atoms with Gasteiger partial charge in [0.05, 0.1) is 0 Å². The number of nitrogens with zero attached hydrogens (tertiary/aromatic N) is 1. The van der Waals surface area contributed by atoms with Gasteiger partial charge >= 0.3 is 0 Å².